The quantitative estimate of drug-likeness (QED) is 0.123. The Morgan fingerprint density at radius 1 is 0.833 bits per heavy atom. The summed E-state index contributed by atoms with van der Waals surface area (Å²) >= 11 is 6.45. The van der Waals surface area contributed by atoms with Crippen molar-refractivity contribution in [2.45, 2.75) is 112 Å². The lowest BCUT2D eigenvalue weighted by atomic mass is 9.76. The number of fused-ring (bicyclic) bond motifs is 1. The first-order valence-corrected chi connectivity index (χ1v) is 17.4. The zero-order valence-corrected chi connectivity index (χ0v) is 30.6. The molecule has 0 aliphatic carbocycles. The molecule has 3 amide bonds. The summed E-state index contributed by atoms with van der Waals surface area (Å²) in [5, 5.41) is 10.5. The Hall–Kier alpha value is -4.24. The van der Waals surface area contributed by atoms with Crippen LogP contribution in [-0.2, 0) is 28.7 Å². The first-order valence-electron chi connectivity index (χ1n) is 17.0. The van der Waals surface area contributed by atoms with Crippen molar-refractivity contribution in [3.8, 4) is 5.75 Å². The molecule has 0 fully saturated rings. The number of benzene rings is 3. The molecule has 10 heteroatoms. The van der Waals surface area contributed by atoms with Gasteiger partial charge in [-0.15, -0.1) is 5.10 Å². The number of rotatable bonds is 13. The Morgan fingerprint density at radius 2 is 1.46 bits per heavy atom. The summed E-state index contributed by atoms with van der Waals surface area (Å²) in [7, 11) is 0. The molecule has 1 heterocycles. The summed E-state index contributed by atoms with van der Waals surface area (Å²) < 4.78 is 10.5. The molecule has 4 rings (SSSR count). The van der Waals surface area contributed by atoms with E-state index in [0.717, 1.165) is 29.4 Å². The van der Waals surface area contributed by atoms with Gasteiger partial charge in [0, 0.05) is 24.3 Å². The summed E-state index contributed by atoms with van der Waals surface area (Å²) in [6.07, 6.45) is 1.67. The van der Waals surface area contributed by atoms with E-state index in [1.165, 1.54) is 5.56 Å². The molecule has 9 nitrogen and oxygen atoms in total. The third-order valence-electron chi connectivity index (χ3n) is 9.51. The topological polar surface area (TPSA) is 102 Å². The normalized spacial score (nSPS) is 12.5. The fourth-order valence-electron chi connectivity index (χ4n) is 5.65. The van der Waals surface area contributed by atoms with Crippen molar-refractivity contribution in [1.29, 1.82) is 0 Å². The monoisotopic (exact) mass is 674 g/mol. The number of carbonyl (C=O) groups is 2. The number of para-hydroxylation sites is 2. The van der Waals surface area contributed by atoms with Gasteiger partial charge in [-0.2, -0.15) is 0 Å². The fourth-order valence-corrected chi connectivity index (χ4v) is 5.82. The number of hydrogen-bond donors (Lipinski definition) is 3. The third kappa shape index (κ3) is 7.89. The van der Waals surface area contributed by atoms with Crippen LogP contribution in [0.15, 0.2) is 65.8 Å². The lowest BCUT2D eigenvalue weighted by Crippen LogP contribution is -2.34. The highest BCUT2D eigenvalue weighted by Crippen LogP contribution is 2.39. The summed E-state index contributed by atoms with van der Waals surface area (Å²) in [5.41, 5.74) is 8.33. The van der Waals surface area contributed by atoms with Crippen LogP contribution in [0.1, 0.15) is 92.7 Å². The lowest BCUT2D eigenvalue weighted by Gasteiger charge is -2.31. The van der Waals surface area contributed by atoms with Crippen LogP contribution in [0.4, 0.5) is 16.2 Å². The highest BCUT2D eigenvalue weighted by Gasteiger charge is 2.29. The Bertz CT molecular complexity index is 1790. The maximum atomic E-state index is 13.5. The number of aryl methyl sites for hydroxylation is 2. The van der Waals surface area contributed by atoms with E-state index in [2.05, 4.69) is 74.8 Å². The minimum atomic E-state index is -0.730. The number of urea groups is 1. The molecule has 0 aliphatic rings. The van der Waals surface area contributed by atoms with Crippen molar-refractivity contribution in [2.75, 3.05) is 10.6 Å². The van der Waals surface area contributed by atoms with Crippen LogP contribution in [-0.4, -0.2) is 27.2 Å². The van der Waals surface area contributed by atoms with E-state index in [4.69, 9.17) is 16.3 Å². The number of nitrogens with one attached hydrogen (secondary N) is 3. The van der Waals surface area contributed by atoms with E-state index in [1.807, 2.05) is 60.2 Å². The minimum absolute atomic E-state index is 0.0247. The molecular formula is C38H51ClN6O3. The lowest BCUT2D eigenvalue weighted by molar-refractivity contribution is -0.122. The van der Waals surface area contributed by atoms with E-state index < -0.39 is 12.1 Å². The van der Waals surface area contributed by atoms with Gasteiger partial charge in [0.05, 0.1) is 21.7 Å². The van der Waals surface area contributed by atoms with Crippen molar-refractivity contribution in [3.63, 3.8) is 0 Å². The number of amides is 3. The number of hydrogen-bond acceptors (Lipinski definition) is 4. The van der Waals surface area contributed by atoms with Crippen LogP contribution in [0, 0.1) is 0 Å². The maximum Gasteiger partial charge on any atom is 0.339 e. The Labute approximate surface area is 289 Å². The molecule has 48 heavy (non-hydrogen) atoms. The van der Waals surface area contributed by atoms with E-state index in [-0.39, 0.29) is 16.7 Å². The van der Waals surface area contributed by atoms with Crippen LogP contribution < -0.4 is 26.4 Å². The molecule has 4 aromatic rings. The van der Waals surface area contributed by atoms with Crippen molar-refractivity contribution in [2.24, 2.45) is 5.10 Å². The van der Waals surface area contributed by atoms with E-state index in [1.54, 1.807) is 18.2 Å². The smallest absolute Gasteiger partial charge is 0.339 e. The summed E-state index contributed by atoms with van der Waals surface area (Å²) in [6, 6.07) is 18.8. The standard InChI is InChI=1S/C38H51ClN6O3/c1-10-32(48-33-22-19-25(37(6,7)11-2)23-27(33)38(8,9)12-3)34(46)40-26-20-21-28(39)29(24-26)41-35(47)42-43-36-44(13-4)30-17-15-16-18-31(30)45(36)14-5/h15-24,32H,10-14H2,1-9H3,(H,40,46)(H2,41,42,47). The van der Waals surface area contributed by atoms with Crippen molar-refractivity contribution < 1.29 is 14.3 Å². The molecule has 1 atom stereocenters. The molecule has 0 bridgehead atoms. The molecule has 3 N–H and O–H groups in total. The van der Waals surface area contributed by atoms with Gasteiger partial charge in [-0.25, -0.2) is 10.2 Å². The second kappa shape index (κ2) is 15.3. The summed E-state index contributed by atoms with van der Waals surface area (Å²) in [5.74, 6) is 0.421. The Morgan fingerprint density at radius 3 is 2.02 bits per heavy atom. The summed E-state index contributed by atoms with van der Waals surface area (Å²) in [6.45, 7) is 20.6. The van der Waals surface area contributed by atoms with Crippen LogP contribution >= 0.6 is 11.6 Å². The molecular weight excluding hydrogens is 624 g/mol. The van der Waals surface area contributed by atoms with E-state index >= 15 is 0 Å². The van der Waals surface area contributed by atoms with Gasteiger partial charge in [0.15, 0.2) is 6.10 Å². The number of anilines is 2. The van der Waals surface area contributed by atoms with Crippen molar-refractivity contribution >= 4 is 45.9 Å². The fraction of sp³-hybridized carbons (Fsp3) is 0.447. The van der Waals surface area contributed by atoms with Gasteiger partial charge in [0.25, 0.3) is 5.91 Å². The van der Waals surface area contributed by atoms with Gasteiger partial charge >= 0.3 is 6.03 Å². The SMILES string of the molecule is CCC(Oc1ccc(C(C)(C)CC)cc1C(C)(C)CC)C(=O)Nc1ccc(Cl)c(NC(=O)NN=c2n(CC)c3ccccc3n2CC)c1. The van der Waals surface area contributed by atoms with Gasteiger partial charge in [0.1, 0.15) is 5.75 Å². The van der Waals surface area contributed by atoms with Gasteiger partial charge in [-0.1, -0.05) is 84.3 Å². The number of aromatic nitrogens is 2. The van der Waals surface area contributed by atoms with E-state index in [9.17, 15) is 9.59 Å². The van der Waals surface area contributed by atoms with E-state index in [0.29, 0.717) is 47.3 Å². The highest BCUT2D eigenvalue weighted by molar-refractivity contribution is 6.33. The number of halogens is 1. The molecule has 0 spiro atoms. The predicted octanol–water partition coefficient (Wildman–Crippen LogP) is 8.94. The Balaban J connectivity index is 1.52. The van der Waals surface area contributed by atoms with Crippen molar-refractivity contribution in [3.05, 3.63) is 82.4 Å². The molecule has 0 saturated carbocycles. The Kier molecular flexibility index (Phi) is 11.7. The van der Waals surface area contributed by atoms with Crippen LogP contribution in [0.3, 0.4) is 0 Å². The second-order valence-electron chi connectivity index (χ2n) is 13.3. The number of ether oxygens (including phenoxy) is 1. The van der Waals surface area contributed by atoms with Gasteiger partial charge in [0.2, 0.25) is 5.62 Å². The maximum absolute atomic E-state index is 13.5. The number of carbonyl (C=O) groups excluding carboxylic acids is 2. The summed E-state index contributed by atoms with van der Waals surface area (Å²) in [4.78, 5) is 26.5. The highest BCUT2D eigenvalue weighted by atomic mass is 35.5. The number of nitrogens with zero attached hydrogens (tertiary/aromatic N) is 3. The van der Waals surface area contributed by atoms with Gasteiger partial charge in [-0.05, 0) is 85.9 Å². The molecule has 3 aromatic carbocycles. The zero-order valence-electron chi connectivity index (χ0n) is 29.8. The molecule has 0 aliphatic heterocycles. The average molecular weight is 675 g/mol. The third-order valence-corrected chi connectivity index (χ3v) is 9.84. The number of imidazole rings is 1. The van der Waals surface area contributed by atoms with Crippen LogP contribution in [0.2, 0.25) is 5.02 Å². The molecule has 1 aromatic heterocycles. The molecule has 258 valence electrons. The zero-order chi connectivity index (χ0) is 35.2. The molecule has 0 saturated heterocycles. The van der Waals surface area contributed by atoms with Crippen LogP contribution in [0.25, 0.3) is 11.0 Å². The van der Waals surface area contributed by atoms with Crippen molar-refractivity contribution in [1.82, 2.24) is 14.6 Å². The average Bonchev–Trinajstić information content (AvgIpc) is 3.39. The van der Waals surface area contributed by atoms with Gasteiger partial charge in [-0.3, -0.25) is 4.79 Å². The minimum Gasteiger partial charge on any atom is -0.480 e. The second-order valence-corrected chi connectivity index (χ2v) is 13.7. The van der Waals surface area contributed by atoms with Gasteiger partial charge < -0.3 is 24.5 Å². The first kappa shape index (κ1) is 36.6. The molecule has 1 unspecified atom stereocenters. The predicted molar refractivity (Wildman–Crippen MR) is 197 cm³/mol. The van der Waals surface area contributed by atoms with Crippen LogP contribution in [0.5, 0.6) is 5.75 Å². The molecule has 0 radical (unpaired) electrons. The first-order chi connectivity index (χ1) is 22.8. The largest absolute Gasteiger partial charge is 0.480 e.